The number of benzene rings is 3. The molecule has 0 fully saturated rings. The molecule has 3 nitrogen and oxygen atoms in total. The van der Waals surface area contributed by atoms with E-state index >= 15 is 0 Å². The summed E-state index contributed by atoms with van der Waals surface area (Å²) in [5.74, 6) is 1.62. The first-order valence-electron chi connectivity index (χ1n) is 8.43. The average molecular weight is 363 g/mol. The van der Waals surface area contributed by atoms with Crippen LogP contribution >= 0.6 is 12.2 Å². The molecule has 0 unspecified atom stereocenters. The second kappa shape index (κ2) is 9.02. The Labute approximate surface area is 159 Å². The number of hydrogen-bond donors (Lipinski definition) is 1. The fourth-order valence-electron chi connectivity index (χ4n) is 2.54. The number of nitrogens with one attached hydrogen (secondary N) is 1. The quantitative estimate of drug-likeness (QED) is 0.614. The fraction of sp³-hybridized carbons (Fsp3) is 0.136. The van der Waals surface area contributed by atoms with Crippen LogP contribution in [0.1, 0.15) is 16.7 Å². The molecular formula is C22H21NO2S. The maximum atomic E-state index is 5.98. The lowest BCUT2D eigenvalue weighted by Gasteiger charge is -2.14. The second-order valence-corrected chi connectivity index (χ2v) is 6.21. The molecular weight excluding hydrogens is 342 g/mol. The van der Waals surface area contributed by atoms with Crippen LogP contribution < -0.4 is 14.8 Å². The zero-order chi connectivity index (χ0) is 18.2. The molecule has 0 aliphatic carbocycles. The Kier molecular flexibility index (Phi) is 6.23. The van der Waals surface area contributed by atoms with Gasteiger partial charge in [-0.05, 0) is 35.4 Å². The van der Waals surface area contributed by atoms with Crippen LogP contribution in [0, 0.1) is 0 Å². The molecule has 3 aromatic rings. The normalized spacial score (nSPS) is 10.2. The van der Waals surface area contributed by atoms with Gasteiger partial charge < -0.3 is 14.8 Å². The number of para-hydroxylation sites is 1. The molecule has 3 rings (SSSR count). The van der Waals surface area contributed by atoms with Crippen LogP contribution in [-0.4, -0.2) is 12.1 Å². The van der Waals surface area contributed by atoms with Crippen molar-refractivity contribution in [1.29, 1.82) is 0 Å². The monoisotopic (exact) mass is 363 g/mol. The Hall–Kier alpha value is -2.85. The molecule has 0 heterocycles. The molecule has 0 saturated carbocycles. The van der Waals surface area contributed by atoms with Crippen molar-refractivity contribution in [2.45, 2.75) is 13.2 Å². The molecule has 26 heavy (non-hydrogen) atoms. The van der Waals surface area contributed by atoms with Crippen LogP contribution in [-0.2, 0) is 13.2 Å². The molecule has 0 saturated heterocycles. The lowest BCUT2D eigenvalue weighted by molar-refractivity contribution is 0.305. The predicted molar refractivity (Wildman–Crippen MR) is 109 cm³/mol. The highest BCUT2D eigenvalue weighted by Gasteiger charge is 2.09. The van der Waals surface area contributed by atoms with E-state index in [0.717, 1.165) is 28.2 Å². The van der Waals surface area contributed by atoms with E-state index in [1.54, 1.807) is 7.11 Å². The second-order valence-electron chi connectivity index (χ2n) is 5.80. The summed E-state index contributed by atoms with van der Waals surface area (Å²) in [6.07, 6.45) is 0. The molecule has 132 valence electrons. The van der Waals surface area contributed by atoms with E-state index in [9.17, 15) is 0 Å². The van der Waals surface area contributed by atoms with Crippen molar-refractivity contribution in [3.63, 3.8) is 0 Å². The summed E-state index contributed by atoms with van der Waals surface area (Å²) < 4.78 is 11.2. The van der Waals surface area contributed by atoms with Crippen molar-refractivity contribution < 1.29 is 9.47 Å². The van der Waals surface area contributed by atoms with Crippen LogP contribution in [0.5, 0.6) is 11.5 Å². The summed E-state index contributed by atoms with van der Waals surface area (Å²) in [7, 11) is 1.66. The van der Waals surface area contributed by atoms with Crippen molar-refractivity contribution in [1.82, 2.24) is 5.32 Å². The highest BCUT2D eigenvalue weighted by atomic mass is 32.1. The molecule has 0 atom stereocenters. The summed E-state index contributed by atoms with van der Waals surface area (Å²) in [6, 6.07) is 25.9. The van der Waals surface area contributed by atoms with E-state index in [4.69, 9.17) is 21.7 Å². The number of hydrogen-bond acceptors (Lipinski definition) is 3. The van der Waals surface area contributed by atoms with Gasteiger partial charge in [-0.15, -0.1) is 0 Å². The molecule has 0 bridgehead atoms. The minimum Gasteiger partial charge on any atom is -0.497 e. The van der Waals surface area contributed by atoms with Crippen molar-refractivity contribution in [3.8, 4) is 11.5 Å². The molecule has 0 aromatic heterocycles. The van der Waals surface area contributed by atoms with Crippen LogP contribution in [0.15, 0.2) is 78.9 Å². The van der Waals surface area contributed by atoms with E-state index in [1.807, 2.05) is 78.9 Å². The van der Waals surface area contributed by atoms with Gasteiger partial charge in [0.1, 0.15) is 23.1 Å². The third kappa shape index (κ3) is 4.83. The molecule has 0 aliphatic heterocycles. The van der Waals surface area contributed by atoms with Gasteiger partial charge in [-0.3, -0.25) is 0 Å². The summed E-state index contributed by atoms with van der Waals surface area (Å²) >= 11 is 5.57. The molecule has 0 aliphatic rings. The van der Waals surface area contributed by atoms with Crippen molar-refractivity contribution in [2.24, 2.45) is 0 Å². The topological polar surface area (TPSA) is 30.5 Å². The van der Waals surface area contributed by atoms with Gasteiger partial charge in [-0.2, -0.15) is 0 Å². The largest absolute Gasteiger partial charge is 0.497 e. The van der Waals surface area contributed by atoms with Crippen LogP contribution in [0.4, 0.5) is 0 Å². The van der Waals surface area contributed by atoms with E-state index < -0.39 is 0 Å². The molecule has 0 amide bonds. The van der Waals surface area contributed by atoms with Gasteiger partial charge in [-0.25, -0.2) is 0 Å². The van der Waals surface area contributed by atoms with Gasteiger partial charge in [0.15, 0.2) is 0 Å². The zero-order valence-corrected chi connectivity index (χ0v) is 15.5. The highest BCUT2D eigenvalue weighted by molar-refractivity contribution is 7.80. The van der Waals surface area contributed by atoms with Crippen LogP contribution in [0.3, 0.4) is 0 Å². The molecule has 4 heteroatoms. The third-order valence-electron chi connectivity index (χ3n) is 3.98. The maximum Gasteiger partial charge on any atom is 0.129 e. The Balaban J connectivity index is 1.63. The van der Waals surface area contributed by atoms with Crippen molar-refractivity contribution in [3.05, 3.63) is 95.6 Å². The Bertz CT molecular complexity index is 848. The number of methoxy groups -OCH3 is 1. The standard InChI is InChI=1S/C22H21NO2S/c1-24-19-13-11-17(12-14-19)15-23-22(26)20-9-5-6-10-21(20)25-16-18-7-3-2-4-8-18/h2-14H,15-16H2,1H3,(H,23,26). The summed E-state index contributed by atoms with van der Waals surface area (Å²) in [5, 5.41) is 3.30. The predicted octanol–water partition coefficient (Wildman–Crippen LogP) is 4.74. The van der Waals surface area contributed by atoms with Gasteiger partial charge in [0, 0.05) is 6.54 Å². The Morgan fingerprint density at radius 2 is 1.54 bits per heavy atom. The molecule has 1 N–H and O–H groups in total. The van der Waals surface area contributed by atoms with Gasteiger partial charge in [0.05, 0.1) is 12.7 Å². The fourth-order valence-corrected chi connectivity index (χ4v) is 2.78. The van der Waals surface area contributed by atoms with E-state index in [2.05, 4.69) is 5.32 Å². The highest BCUT2D eigenvalue weighted by Crippen LogP contribution is 2.20. The minimum atomic E-state index is 0.513. The van der Waals surface area contributed by atoms with Gasteiger partial charge in [-0.1, -0.05) is 66.8 Å². The zero-order valence-electron chi connectivity index (χ0n) is 14.6. The van der Waals surface area contributed by atoms with E-state index in [1.165, 1.54) is 0 Å². The van der Waals surface area contributed by atoms with Crippen LogP contribution in [0.2, 0.25) is 0 Å². The Morgan fingerprint density at radius 1 is 0.846 bits per heavy atom. The first kappa shape index (κ1) is 18.0. The lowest BCUT2D eigenvalue weighted by atomic mass is 10.1. The van der Waals surface area contributed by atoms with E-state index in [0.29, 0.717) is 18.1 Å². The SMILES string of the molecule is COc1ccc(CNC(=S)c2ccccc2OCc2ccccc2)cc1. The number of ether oxygens (including phenoxy) is 2. The summed E-state index contributed by atoms with van der Waals surface area (Å²) in [5.41, 5.74) is 3.15. The molecule has 0 radical (unpaired) electrons. The minimum absolute atomic E-state index is 0.513. The number of thiocarbonyl (C=S) groups is 1. The maximum absolute atomic E-state index is 5.98. The van der Waals surface area contributed by atoms with Crippen molar-refractivity contribution in [2.75, 3.05) is 7.11 Å². The third-order valence-corrected chi connectivity index (χ3v) is 4.35. The van der Waals surface area contributed by atoms with Gasteiger partial charge >= 0.3 is 0 Å². The molecule has 0 spiro atoms. The lowest BCUT2D eigenvalue weighted by Crippen LogP contribution is -2.22. The summed E-state index contributed by atoms with van der Waals surface area (Å²) in [4.78, 5) is 0.671. The van der Waals surface area contributed by atoms with E-state index in [-0.39, 0.29) is 0 Å². The average Bonchev–Trinajstić information content (AvgIpc) is 2.72. The van der Waals surface area contributed by atoms with Gasteiger partial charge in [0.2, 0.25) is 0 Å². The first-order valence-corrected chi connectivity index (χ1v) is 8.84. The van der Waals surface area contributed by atoms with Crippen molar-refractivity contribution >= 4 is 17.2 Å². The van der Waals surface area contributed by atoms with Gasteiger partial charge in [0.25, 0.3) is 0 Å². The van der Waals surface area contributed by atoms with Crippen LogP contribution in [0.25, 0.3) is 0 Å². The summed E-state index contributed by atoms with van der Waals surface area (Å²) in [6.45, 7) is 1.16. The first-order chi connectivity index (χ1) is 12.8. The molecule has 3 aromatic carbocycles. The Morgan fingerprint density at radius 3 is 2.27 bits per heavy atom. The smallest absolute Gasteiger partial charge is 0.129 e. The number of rotatable bonds is 7.